The maximum absolute atomic E-state index is 12.7. The third-order valence-electron chi connectivity index (χ3n) is 4.46. The largest absolute Gasteiger partial charge is 0.457 e. The van der Waals surface area contributed by atoms with Gasteiger partial charge in [0.15, 0.2) is 5.69 Å². The number of carbonyl (C=O) groups excluding carboxylic acids is 1. The Morgan fingerprint density at radius 1 is 1.00 bits per heavy atom. The van der Waals surface area contributed by atoms with Crippen LogP contribution in [0.1, 0.15) is 28.7 Å². The van der Waals surface area contributed by atoms with Crippen molar-refractivity contribution in [2.45, 2.75) is 20.0 Å². The molecule has 2 aromatic carbocycles. The Hall–Kier alpha value is -3.31. The summed E-state index contributed by atoms with van der Waals surface area (Å²) in [5.41, 5.74) is 2.63. The lowest BCUT2D eigenvalue weighted by Crippen LogP contribution is -2.10. The second-order valence-electron chi connectivity index (χ2n) is 6.47. The van der Waals surface area contributed by atoms with E-state index in [4.69, 9.17) is 21.1 Å². The fourth-order valence-corrected chi connectivity index (χ4v) is 3.19. The van der Waals surface area contributed by atoms with E-state index in [0.717, 1.165) is 17.1 Å². The molecule has 2 aromatic heterocycles. The minimum Gasteiger partial charge on any atom is -0.457 e. The van der Waals surface area contributed by atoms with Crippen LogP contribution >= 0.6 is 11.6 Å². The van der Waals surface area contributed by atoms with Crippen molar-refractivity contribution in [1.82, 2.24) is 9.38 Å². The van der Waals surface area contributed by atoms with E-state index >= 15 is 0 Å². The molecule has 0 aliphatic rings. The number of hydrogen-bond donors (Lipinski definition) is 0. The summed E-state index contributed by atoms with van der Waals surface area (Å²) in [5.74, 6) is 1.06. The van der Waals surface area contributed by atoms with Gasteiger partial charge in [0.05, 0.1) is 10.7 Å². The highest BCUT2D eigenvalue weighted by atomic mass is 35.5. The number of fused-ring (bicyclic) bond motifs is 1. The molecule has 0 spiro atoms. The van der Waals surface area contributed by atoms with Crippen molar-refractivity contribution in [3.8, 4) is 11.5 Å². The summed E-state index contributed by atoms with van der Waals surface area (Å²) < 4.78 is 13.0. The van der Waals surface area contributed by atoms with E-state index in [1.807, 2.05) is 61.5 Å². The van der Waals surface area contributed by atoms with Gasteiger partial charge in [-0.3, -0.25) is 4.40 Å². The topological polar surface area (TPSA) is 52.8 Å². The first-order valence-electron chi connectivity index (χ1n) is 9.29. The number of hydrogen-bond acceptors (Lipinski definition) is 4. The Bertz CT molecular complexity index is 1140. The summed E-state index contributed by atoms with van der Waals surface area (Å²) in [4.78, 5) is 17.2. The van der Waals surface area contributed by atoms with Crippen molar-refractivity contribution in [3.63, 3.8) is 0 Å². The molecule has 0 bridgehead atoms. The van der Waals surface area contributed by atoms with Crippen LogP contribution < -0.4 is 4.74 Å². The predicted octanol–water partition coefficient (Wildman–Crippen LogP) is 5.70. The second-order valence-corrected chi connectivity index (χ2v) is 6.91. The molecule has 29 heavy (non-hydrogen) atoms. The highest BCUT2D eigenvalue weighted by Crippen LogP contribution is 2.22. The minimum atomic E-state index is -0.429. The highest BCUT2D eigenvalue weighted by molar-refractivity contribution is 6.30. The van der Waals surface area contributed by atoms with Crippen molar-refractivity contribution in [2.24, 2.45) is 0 Å². The first kappa shape index (κ1) is 19.0. The molecule has 0 saturated carbocycles. The zero-order valence-electron chi connectivity index (χ0n) is 15.8. The summed E-state index contributed by atoms with van der Waals surface area (Å²) in [6, 6.07) is 20.5. The van der Waals surface area contributed by atoms with E-state index in [0.29, 0.717) is 28.5 Å². The number of rotatable bonds is 6. The Morgan fingerprint density at radius 2 is 1.72 bits per heavy atom. The highest BCUT2D eigenvalue weighted by Gasteiger charge is 2.20. The third kappa shape index (κ3) is 4.25. The van der Waals surface area contributed by atoms with Crippen LogP contribution in [0.4, 0.5) is 0 Å². The quantitative estimate of drug-likeness (QED) is 0.385. The Balaban J connectivity index is 1.46. The Labute approximate surface area is 173 Å². The predicted molar refractivity (Wildman–Crippen MR) is 112 cm³/mol. The molecule has 0 N–H and O–H groups in total. The van der Waals surface area contributed by atoms with Gasteiger partial charge in [0.2, 0.25) is 0 Å². The standard InChI is InChI=1S/C23H19ClN2O3/c1-2-20-22(26-14-17(24)10-13-21(26)25-20)23(27)28-15-16-8-11-19(12-9-16)29-18-6-4-3-5-7-18/h3-14H,2,15H2,1H3. The molecule has 0 aliphatic carbocycles. The monoisotopic (exact) mass is 406 g/mol. The molecular formula is C23H19ClN2O3. The summed E-state index contributed by atoms with van der Waals surface area (Å²) in [7, 11) is 0. The lowest BCUT2D eigenvalue weighted by Gasteiger charge is -2.08. The molecule has 0 aliphatic heterocycles. The molecule has 0 radical (unpaired) electrons. The van der Waals surface area contributed by atoms with Crippen LogP contribution in [-0.2, 0) is 17.8 Å². The van der Waals surface area contributed by atoms with Crippen molar-refractivity contribution in [1.29, 1.82) is 0 Å². The molecule has 2 heterocycles. The number of aryl methyl sites for hydroxylation is 1. The smallest absolute Gasteiger partial charge is 0.357 e. The second kappa shape index (κ2) is 8.37. The number of aromatic nitrogens is 2. The Kier molecular flexibility index (Phi) is 5.49. The molecule has 5 nitrogen and oxygen atoms in total. The third-order valence-corrected chi connectivity index (χ3v) is 4.68. The lowest BCUT2D eigenvalue weighted by atomic mass is 10.2. The SMILES string of the molecule is CCc1nc2ccc(Cl)cn2c1C(=O)OCc1ccc(Oc2ccccc2)cc1. The van der Waals surface area contributed by atoms with Gasteiger partial charge >= 0.3 is 5.97 Å². The lowest BCUT2D eigenvalue weighted by molar-refractivity contribution is 0.0463. The van der Waals surface area contributed by atoms with Gasteiger partial charge in [0.1, 0.15) is 23.8 Å². The van der Waals surface area contributed by atoms with Gasteiger partial charge in [-0.1, -0.05) is 48.9 Å². The fourth-order valence-electron chi connectivity index (χ4n) is 3.03. The van der Waals surface area contributed by atoms with Gasteiger partial charge < -0.3 is 9.47 Å². The van der Waals surface area contributed by atoms with Crippen molar-refractivity contribution >= 4 is 23.2 Å². The number of esters is 1. The van der Waals surface area contributed by atoms with Crippen LogP contribution in [0.25, 0.3) is 5.65 Å². The van der Waals surface area contributed by atoms with Gasteiger partial charge in [-0.15, -0.1) is 0 Å². The van der Waals surface area contributed by atoms with Crippen LogP contribution in [0.3, 0.4) is 0 Å². The van der Waals surface area contributed by atoms with Gasteiger partial charge in [-0.25, -0.2) is 9.78 Å². The molecular weight excluding hydrogens is 388 g/mol. The summed E-state index contributed by atoms with van der Waals surface area (Å²) in [5, 5.41) is 0.528. The van der Waals surface area contributed by atoms with Crippen molar-refractivity contribution in [3.05, 3.63) is 94.9 Å². The molecule has 0 saturated heterocycles. The maximum atomic E-state index is 12.7. The average Bonchev–Trinajstić information content (AvgIpc) is 3.11. The summed E-state index contributed by atoms with van der Waals surface area (Å²) in [6.07, 6.45) is 2.30. The fraction of sp³-hybridized carbons (Fsp3) is 0.130. The summed E-state index contributed by atoms with van der Waals surface area (Å²) >= 11 is 6.08. The van der Waals surface area contributed by atoms with Gasteiger partial charge in [-0.05, 0) is 48.4 Å². The van der Waals surface area contributed by atoms with Gasteiger partial charge in [-0.2, -0.15) is 0 Å². The molecule has 146 valence electrons. The zero-order chi connectivity index (χ0) is 20.2. The van der Waals surface area contributed by atoms with E-state index in [9.17, 15) is 4.79 Å². The van der Waals surface area contributed by atoms with E-state index in [1.54, 1.807) is 22.7 Å². The molecule has 0 unspecified atom stereocenters. The average molecular weight is 407 g/mol. The number of nitrogens with zero attached hydrogens (tertiary/aromatic N) is 2. The van der Waals surface area contributed by atoms with E-state index < -0.39 is 5.97 Å². The Morgan fingerprint density at radius 3 is 2.45 bits per heavy atom. The molecule has 0 amide bonds. The van der Waals surface area contributed by atoms with E-state index in [-0.39, 0.29) is 6.61 Å². The zero-order valence-corrected chi connectivity index (χ0v) is 16.6. The molecule has 4 rings (SSSR count). The van der Waals surface area contributed by atoms with E-state index in [2.05, 4.69) is 4.98 Å². The number of benzene rings is 2. The van der Waals surface area contributed by atoms with Crippen molar-refractivity contribution in [2.75, 3.05) is 0 Å². The van der Waals surface area contributed by atoms with Crippen LogP contribution in [-0.4, -0.2) is 15.4 Å². The van der Waals surface area contributed by atoms with Crippen molar-refractivity contribution < 1.29 is 14.3 Å². The molecule has 4 aromatic rings. The van der Waals surface area contributed by atoms with Gasteiger partial charge in [0.25, 0.3) is 0 Å². The van der Waals surface area contributed by atoms with E-state index in [1.165, 1.54) is 0 Å². The maximum Gasteiger partial charge on any atom is 0.357 e. The normalized spacial score (nSPS) is 10.8. The summed E-state index contributed by atoms with van der Waals surface area (Å²) in [6.45, 7) is 2.10. The first-order chi connectivity index (χ1) is 14.1. The number of imidazole rings is 1. The van der Waals surface area contributed by atoms with Gasteiger partial charge in [0, 0.05) is 6.20 Å². The van der Waals surface area contributed by atoms with Crippen LogP contribution in [0.15, 0.2) is 72.9 Å². The van der Waals surface area contributed by atoms with Crippen LogP contribution in [0.5, 0.6) is 11.5 Å². The molecule has 6 heteroatoms. The molecule has 0 fully saturated rings. The number of carbonyl (C=O) groups is 1. The number of halogens is 1. The molecule has 0 atom stereocenters. The minimum absolute atomic E-state index is 0.154. The van der Waals surface area contributed by atoms with Crippen LogP contribution in [0, 0.1) is 0 Å². The number of para-hydroxylation sites is 1. The number of pyridine rings is 1. The van der Waals surface area contributed by atoms with Crippen LogP contribution in [0.2, 0.25) is 5.02 Å². The first-order valence-corrected chi connectivity index (χ1v) is 9.67. The number of ether oxygens (including phenoxy) is 2.